The van der Waals surface area contributed by atoms with E-state index in [4.69, 9.17) is 5.73 Å². The lowest BCUT2D eigenvalue weighted by Gasteiger charge is -2.54. The fraction of sp³-hybridized carbons (Fsp3) is 0.407. The maximum Gasteiger partial charge on any atom is 0.230 e. The summed E-state index contributed by atoms with van der Waals surface area (Å²) in [6.07, 6.45) is -1.61. The molecule has 0 aromatic heterocycles. The fourth-order valence-corrected chi connectivity index (χ4v) is 6.76. The minimum Gasteiger partial charge on any atom is -0.507 e. The van der Waals surface area contributed by atoms with Crippen molar-refractivity contribution in [2.45, 2.75) is 30.6 Å². The van der Waals surface area contributed by atoms with Crippen molar-refractivity contribution in [1.82, 2.24) is 4.90 Å². The molecule has 0 bridgehead atoms. The number of ketones is 3. The van der Waals surface area contributed by atoms with Crippen molar-refractivity contribution in [2.24, 2.45) is 29.4 Å². The summed E-state index contributed by atoms with van der Waals surface area (Å²) < 4.78 is 27.6. The number of carbonyl (C=O) groups excluding carboxylic acids is 4. The Balaban J connectivity index is 1.66. The molecule has 1 amide bonds. The number of Topliss-reactive ketones (excluding diaryl/α,β-unsaturated/α-hetero) is 3. The first-order chi connectivity index (χ1) is 17.8. The van der Waals surface area contributed by atoms with Crippen LogP contribution in [-0.4, -0.2) is 75.3 Å². The first-order valence-electron chi connectivity index (χ1n) is 12.1. The van der Waals surface area contributed by atoms with Crippen LogP contribution in [0.5, 0.6) is 5.75 Å². The van der Waals surface area contributed by atoms with Crippen molar-refractivity contribution in [2.75, 3.05) is 14.1 Å². The molecule has 3 aliphatic carbocycles. The quantitative estimate of drug-likeness (QED) is 0.422. The predicted octanol–water partition coefficient (Wildman–Crippen LogP) is 0.604. The van der Waals surface area contributed by atoms with Crippen molar-refractivity contribution in [3.8, 4) is 16.9 Å². The van der Waals surface area contributed by atoms with Crippen LogP contribution in [0.3, 0.4) is 0 Å². The molecule has 3 aliphatic rings. The van der Waals surface area contributed by atoms with Crippen molar-refractivity contribution < 1.29 is 43.3 Å². The SMILES string of the molecule is CN(C)[C@H]1C(O)C(C(N)=O)C(=O)[C@]2(O)C(=O)C3C(=O)c4c(O)ccc(-c5ccc(F)c(F)c5)c4C[C@@H]3C[C@H]12. The van der Waals surface area contributed by atoms with E-state index in [0.717, 1.165) is 12.1 Å². The number of phenolic OH excluding ortho intramolecular Hbond substituents is 1. The number of amides is 1. The van der Waals surface area contributed by atoms with Crippen LogP contribution < -0.4 is 5.73 Å². The lowest BCUT2D eigenvalue weighted by atomic mass is 9.52. The number of likely N-dealkylation sites (N-methyl/N-ethyl adjacent to an activating group) is 1. The molecule has 5 N–H and O–H groups in total. The minimum atomic E-state index is -2.75. The molecule has 0 aliphatic heterocycles. The zero-order valence-electron chi connectivity index (χ0n) is 20.5. The Kier molecular flexibility index (Phi) is 6.01. The second-order valence-electron chi connectivity index (χ2n) is 10.6. The Morgan fingerprint density at radius 3 is 2.37 bits per heavy atom. The highest BCUT2D eigenvalue weighted by Crippen LogP contribution is 2.52. The van der Waals surface area contributed by atoms with Gasteiger partial charge < -0.3 is 26.0 Å². The predicted molar refractivity (Wildman–Crippen MR) is 128 cm³/mol. The molecule has 2 aromatic rings. The largest absolute Gasteiger partial charge is 0.507 e. The Morgan fingerprint density at radius 2 is 1.76 bits per heavy atom. The van der Waals surface area contributed by atoms with Gasteiger partial charge in [0, 0.05) is 12.0 Å². The third kappa shape index (κ3) is 3.45. The monoisotopic (exact) mass is 528 g/mol. The minimum absolute atomic E-state index is 0.0382. The van der Waals surface area contributed by atoms with Crippen molar-refractivity contribution >= 4 is 23.3 Å². The molecule has 3 unspecified atom stereocenters. The number of halogens is 2. The maximum absolute atomic E-state index is 14.0. The van der Waals surface area contributed by atoms with Gasteiger partial charge in [0.1, 0.15) is 11.7 Å². The Hall–Kier alpha value is -3.54. The van der Waals surface area contributed by atoms with Gasteiger partial charge in [-0.25, -0.2) is 8.78 Å². The molecule has 0 spiro atoms. The lowest BCUT2D eigenvalue weighted by Crippen LogP contribution is -2.75. The molecule has 2 fully saturated rings. The van der Waals surface area contributed by atoms with Crippen molar-refractivity contribution in [1.29, 1.82) is 0 Å². The Morgan fingerprint density at radius 1 is 1.08 bits per heavy atom. The summed E-state index contributed by atoms with van der Waals surface area (Å²) in [7, 11) is 3.11. The number of nitrogens with two attached hydrogens (primary N) is 1. The van der Waals surface area contributed by atoms with Gasteiger partial charge in [0.2, 0.25) is 5.91 Å². The topological polar surface area (TPSA) is 158 Å². The van der Waals surface area contributed by atoms with E-state index in [9.17, 15) is 43.3 Å². The lowest BCUT2D eigenvalue weighted by molar-refractivity contribution is -0.190. The van der Waals surface area contributed by atoms with Crippen LogP contribution in [0.4, 0.5) is 8.78 Å². The normalized spacial score (nSPS) is 32.6. The average Bonchev–Trinajstić information content (AvgIpc) is 2.83. The first kappa shape index (κ1) is 26.1. The molecule has 0 radical (unpaired) electrons. The number of benzene rings is 2. The third-order valence-corrected chi connectivity index (χ3v) is 8.40. The van der Waals surface area contributed by atoms with E-state index in [1.165, 1.54) is 23.1 Å². The van der Waals surface area contributed by atoms with E-state index in [1.54, 1.807) is 14.1 Å². The van der Waals surface area contributed by atoms with Crippen LogP contribution in [-0.2, 0) is 20.8 Å². The van der Waals surface area contributed by atoms with E-state index in [0.29, 0.717) is 11.1 Å². The summed E-state index contributed by atoms with van der Waals surface area (Å²) in [6, 6.07) is 4.87. The van der Waals surface area contributed by atoms with Gasteiger partial charge in [-0.15, -0.1) is 0 Å². The zero-order valence-corrected chi connectivity index (χ0v) is 20.5. The molecule has 0 heterocycles. The summed E-state index contributed by atoms with van der Waals surface area (Å²) >= 11 is 0. The number of fused-ring (bicyclic) bond motifs is 3. The molecule has 2 aromatic carbocycles. The highest BCUT2D eigenvalue weighted by atomic mass is 19.2. The number of nitrogens with zero attached hydrogens (tertiary/aromatic N) is 1. The molecule has 7 atom stereocenters. The number of hydrogen-bond acceptors (Lipinski definition) is 8. The summed E-state index contributed by atoms with van der Waals surface area (Å²) in [6.45, 7) is 0. The van der Waals surface area contributed by atoms with Crippen molar-refractivity contribution in [3.63, 3.8) is 0 Å². The van der Waals surface area contributed by atoms with Gasteiger partial charge in [0.05, 0.1) is 17.6 Å². The molecule has 9 nitrogen and oxygen atoms in total. The molecular formula is C27H26F2N2O7. The maximum atomic E-state index is 14.0. The molecule has 5 rings (SSSR count). The standard InChI is InChI=1S/C27H26F2N2O7/c1-31(2)21-14-8-11-7-13-12(10-3-5-15(28)16(29)9-10)4-6-17(32)19(13)22(33)18(11)24(35)27(14,38)25(36)20(23(21)34)26(30)37/h3-6,9,11,14,18,20-21,23,32,34,38H,7-8H2,1-2H3,(H2,30,37)/t11-,14-,18?,20?,21-,23?,27-/m1/s1. The van der Waals surface area contributed by atoms with Crippen LogP contribution in [0, 0.1) is 35.3 Å². The van der Waals surface area contributed by atoms with Gasteiger partial charge in [0.25, 0.3) is 0 Å². The van der Waals surface area contributed by atoms with Gasteiger partial charge >= 0.3 is 0 Å². The highest BCUT2D eigenvalue weighted by Gasteiger charge is 2.69. The number of carbonyl (C=O) groups is 4. The number of aliphatic hydroxyl groups is 2. The zero-order chi connectivity index (χ0) is 27.8. The molecule has 0 saturated heterocycles. The van der Waals surface area contributed by atoms with Gasteiger partial charge in [-0.1, -0.05) is 12.1 Å². The van der Waals surface area contributed by atoms with Crippen LogP contribution in [0.25, 0.3) is 11.1 Å². The Labute approximate surface area is 215 Å². The van der Waals surface area contributed by atoms with Gasteiger partial charge in [-0.2, -0.15) is 0 Å². The second kappa shape index (κ2) is 8.75. The molecule has 2 saturated carbocycles. The number of primary amides is 1. The van der Waals surface area contributed by atoms with E-state index in [2.05, 4.69) is 0 Å². The first-order valence-corrected chi connectivity index (χ1v) is 12.1. The summed E-state index contributed by atoms with van der Waals surface area (Å²) in [5.41, 5.74) is 3.33. The van der Waals surface area contributed by atoms with Gasteiger partial charge in [-0.3, -0.25) is 19.2 Å². The number of aromatic hydroxyl groups is 1. The van der Waals surface area contributed by atoms with Crippen LogP contribution >= 0.6 is 0 Å². The molecule has 200 valence electrons. The molecular weight excluding hydrogens is 502 g/mol. The van der Waals surface area contributed by atoms with Crippen LogP contribution in [0.15, 0.2) is 30.3 Å². The number of rotatable bonds is 3. The van der Waals surface area contributed by atoms with Crippen LogP contribution in [0.1, 0.15) is 22.3 Å². The molecule has 38 heavy (non-hydrogen) atoms. The average molecular weight is 529 g/mol. The van der Waals surface area contributed by atoms with E-state index < -0.39 is 82.1 Å². The summed E-state index contributed by atoms with van der Waals surface area (Å²) in [4.78, 5) is 54.4. The summed E-state index contributed by atoms with van der Waals surface area (Å²) in [5, 5.41) is 33.1. The Bertz CT molecular complexity index is 1410. The summed E-state index contributed by atoms with van der Waals surface area (Å²) in [5.74, 6) is -12.3. The van der Waals surface area contributed by atoms with E-state index in [1.807, 2.05) is 0 Å². The van der Waals surface area contributed by atoms with E-state index in [-0.39, 0.29) is 24.0 Å². The molecule has 11 heteroatoms. The number of hydrogen-bond donors (Lipinski definition) is 4. The number of phenols is 1. The van der Waals surface area contributed by atoms with Gasteiger partial charge in [0.15, 0.2) is 34.6 Å². The van der Waals surface area contributed by atoms with Gasteiger partial charge in [-0.05, 0) is 67.7 Å². The van der Waals surface area contributed by atoms with Crippen molar-refractivity contribution in [3.05, 3.63) is 53.1 Å². The number of aliphatic hydroxyl groups excluding tert-OH is 1. The van der Waals surface area contributed by atoms with E-state index >= 15 is 0 Å². The highest BCUT2D eigenvalue weighted by molar-refractivity contribution is 6.25. The van der Waals surface area contributed by atoms with Crippen LogP contribution in [0.2, 0.25) is 0 Å². The fourth-order valence-electron chi connectivity index (χ4n) is 6.76. The smallest absolute Gasteiger partial charge is 0.230 e. The third-order valence-electron chi connectivity index (χ3n) is 8.40. The second-order valence-corrected chi connectivity index (χ2v) is 10.6.